The number of nitrogens with two attached hydrogens (primary N) is 3. The quantitative estimate of drug-likeness (QED) is 0.0501. The smallest absolute Gasteiger partial charge is 0.326 e. The summed E-state index contributed by atoms with van der Waals surface area (Å²) < 4.78 is 0. The first kappa shape index (κ1) is 35.0. The first-order chi connectivity index (χ1) is 21.9. The summed E-state index contributed by atoms with van der Waals surface area (Å²) >= 11 is 0. The van der Waals surface area contributed by atoms with Crippen LogP contribution in [-0.4, -0.2) is 81.5 Å². The monoisotopic (exact) mass is 636 g/mol. The maximum Gasteiger partial charge on any atom is 0.326 e. The number of carbonyl (C=O) groups excluding carboxylic acids is 3. The lowest BCUT2D eigenvalue weighted by molar-refractivity contribution is -0.142. The SMILES string of the molecule is NC(N)=NCCCC(NC(=O)C(N)CCC(=O)O)C(=O)NC(Cc1ccccc1)C(=O)NC(Cc1c[nH]c2ccccc12)C(=O)O. The van der Waals surface area contributed by atoms with Crippen LogP contribution in [0.15, 0.2) is 65.8 Å². The number of carbonyl (C=O) groups is 5. The number of nitrogens with one attached hydrogen (secondary N) is 4. The first-order valence-electron chi connectivity index (χ1n) is 14.7. The average Bonchev–Trinajstić information content (AvgIpc) is 3.43. The lowest BCUT2D eigenvalue weighted by Gasteiger charge is -2.25. The molecule has 0 fully saturated rings. The number of carboxylic acid groups (broad SMARTS) is 2. The number of hydrogen-bond acceptors (Lipinski definition) is 7. The summed E-state index contributed by atoms with van der Waals surface area (Å²) in [4.78, 5) is 70.1. The van der Waals surface area contributed by atoms with Crippen molar-refractivity contribution >= 4 is 46.5 Å². The van der Waals surface area contributed by atoms with Crippen molar-refractivity contribution in [3.8, 4) is 0 Å². The van der Waals surface area contributed by atoms with Crippen molar-refractivity contribution in [2.75, 3.05) is 6.54 Å². The van der Waals surface area contributed by atoms with Gasteiger partial charge in [0, 0.05) is 42.9 Å². The van der Waals surface area contributed by atoms with E-state index in [1.807, 2.05) is 24.3 Å². The Morgan fingerprint density at radius 3 is 2.09 bits per heavy atom. The van der Waals surface area contributed by atoms with Crippen LogP contribution in [-0.2, 0) is 36.8 Å². The second kappa shape index (κ2) is 17.2. The van der Waals surface area contributed by atoms with Crippen LogP contribution in [0.1, 0.15) is 36.8 Å². The third kappa shape index (κ3) is 10.9. The van der Waals surface area contributed by atoms with Crippen LogP contribution >= 0.6 is 0 Å². The molecule has 0 spiro atoms. The van der Waals surface area contributed by atoms with E-state index in [9.17, 15) is 29.1 Å². The zero-order valence-corrected chi connectivity index (χ0v) is 25.1. The van der Waals surface area contributed by atoms with Crippen LogP contribution < -0.4 is 33.2 Å². The summed E-state index contributed by atoms with van der Waals surface area (Å²) in [5, 5.41) is 27.5. The van der Waals surface area contributed by atoms with Gasteiger partial charge in [-0.3, -0.25) is 24.2 Å². The van der Waals surface area contributed by atoms with Crippen LogP contribution in [0.3, 0.4) is 0 Å². The zero-order valence-electron chi connectivity index (χ0n) is 25.1. The van der Waals surface area contributed by atoms with E-state index in [2.05, 4.69) is 25.9 Å². The fourth-order valence-electron chi connectivity index (χ4n) is 4.79. The minimum atomic E-state index is -1.32. The molecule has 4 atom stereocenters. The Morgan fingerprint density at radius 1 is 0.783 bits per heavy atom. The number of hydrogen-bond donors (Lipinski definition) is 9. The molecule has 0 radical (unpaired) electrons. The molecule has 12 N–H and O–H groups in total. The van der Waals surface area contributed by atoms with Crippen molar-refractivity contribution in [2.24, 2.45) is 22.2 Å². The van der Waals surface area contributed by atoms with E-state index in [-0.39, 0.29) is 51.0 Å². The Kier molecular flexibility index (Phi) is 13.1. The van der Waals surface area contributed by atoms with Gasteiger partial charge in [0.15, 0.2) is 5.96 Å². The summed E-state index contributed by atoms with van der Waals surface area (Å²) in [5.74, 6) is -4.77. The van der Waals surface area contributed by atoms with Gasteiger partial charge in [-0.15, -0.1) is 0 Å². The number of benzene rings is 2. The van der Waals surface area contributed by atoms with Gasteiger partial charge in [-0.05, 0) is 36.5 Å². The van der Waals surface area contributed by atoms with E-state index in [4.69, 9.17) is 22.3 Å². The van der Waals surface area contributed by atoms with E-state index in [1.165, 1.54) is 0 Å². The molecule has 0 saturated heterocycles. The predicted octanol–water partition coefficient (Wildman–Crippen LogP) is -0.262. The van der Waals surface area contributed by atoms with E-state index < -0.39 is 53.8 Å². The summed E-state index contributed by atoms with van der Waals surface area (Å²) in [6.45, 7) is 0.148. The fraction of sp³-hybridized carbons (Fsp3) is 0.355. The van der Waals surface area contributed by atoms with Gasteiger partial charge in [-0.1, -0.05) is 48.5 Å². The van der Waals surface area contributed by atoms with Crippen molar-refractivity contribution in [3.05, 3.63) is 71.9 Å². The summed E-state index contributed by atoms with van der Waals surface area (Å²) in [6, 6.07) is 11.2. The number of aliphatic carboxylic acids is 2. The van der Waals surface area contributed by atoms with Gasteiger partial charge in [0.25, 0.3) is 0 Å². The molecule has 4 unspecified atom stereocenters. The number of carboxylic acids is 2. The molecule has 3 rings (SSSR count). The number of fused-ring (bicyclic) bond motifs is 1. The van der Waals surface area contributed by atoms with Crippen molar-refractivity contribution in [2.45, 2.75) is 62.7 Å². The van der Waals surface area contributed by atoms with Crippen molar-refractivity contribution in [1.29, 1.82) is 0 Å². The number of H-pyrrole nitrogens is 1. The molecule has 3 aromatic rings. The molecule has 2 aromatic carbocycles. The molecule has 0 bridgehead atoms. The zero-order chi connectivity index (χ0) is 33.6. The third-order valence-electron chi connectivity index (χ3n) is 7.21. The van der Waals surface area contributed by atoms with E-state index >= 15 is 0 Å². The molecule has 0 saturated carbocycles. The Labute approximate surface area is 265 Å². The van der Waals surface area contributed by atoms with E-state index in [0.717, 1.165) is 10.9 Å². The molecule has 0 aliphatic rings. The van der Waals surface area contributed by atoms with Crippen molar-refractivity contribution < 1.29 is 34.2 Å². The summed E-state index contributed by atoms with van der Waals surface area (Å²) in [5.41, 5.74) is 18.8. The first-order valence-corrected chi connectivity index (χ1v) is 14.7. The number of rotatable bonds is 18. The van der Waals surface area contributed by atoms with Gasteiger partial charge in [0.1, 0.15) is 18.1 Å². The second-order valence-corrected chi connectivity index (χ2v) is 10.8. The normalized spacial score (nSPS) is 13.5. The highest BCUT2D eigenvalue weighted by molar-refractivity contribution is 5.94. The highest BCUT2D eigenvalue weighted by Crippen LogP contribution is 2.19. The number of nitrogens with zero attached hydrogens (tertiary/aromatic N) is 1. The number of amides is 3. The summed E-state index contributed by atoms with van der Waals surface area (Å²) in [6.07, 6.45) is 1.50. The van der Waals surface area contributed by atoms with Crippen LogP contribution in [0.25, 0.3) is 10.9 Å². The average molecular weight is 637 g/mol. The molecule has 0 aliphatic heterocycles. The van der Waals surface area contributed by atoms with Gasteiger partial charge < -0.3 is 48.3 Å². The third-order valence-corrected chi connectivity index (χ3v) is 7.21. The van der Waals surface area contributed by atoms with Crippen LogP contribution in [0.5, 0.6) is 0 Å². The lowest BCUT2D eigenvalue weighted by atomic mass is 10.0. The maximum atomic E-state index is 13.6. The lowest BCUT2D eigenvalue weighted by Crippen LogP contribution is -2.57. The van der Waals surface area contributed by atoms with Crippen LogP contribution in [0, 0.1) is 0 Å². The molecular formula is C31H40N8O7. The van der Waals surface area contributed by atoms with Crippen LogP contribution in [0.2, 0.25) is 0 Å². The van der Waals surface area contributed by atoms with Crippen molar-refractivity contribution in [1.82, 2.24) is 20.9 Å². The fourth-order valence-corrected chi connectivity index (χ4v) is 4.79. The molecule has 0 aliphatic carbocycles. The van der Waals surface area contributed by atoms with E-state index in [1.54, 1.807) is 36.5 Å². The summed E-state index contributed by atoms with van der Waals surface area (Å²) in [7, 11) is 0. The minimum Gasteiger partial charge on any atom is -0.481 e. The Morgan fingerprint density at radius 2 is 1.41 bits per heavy atom. The Bertz CT molecular complexity index is 1540. The predicted molar refractivity (Wildman–Crippen MR) is 170 cm³/mol. The van der Waals surface area contributed by atoms with Gasteiger partial charge in [0.2, 0.25) is 17.7 Å². The highest BCUT2D eigenvalue weighted by atomic mass is 16.4. The number of aliphatic imine (C=N–C) groups is 1. The number of para-hydroxylation sites is 1. The second-order valence-electron chi connectivity index (χ2n) is 10.8. The Hall–Kier alpha value is -5.44. The van der Waals surface area contributed by atoms with Crippen molar-refractivity contribution in [3.63, 3.8) is 0 Å². The largest absolute Gasteiger partial charge is 0.481 e. The number of guanidine groups is 1. The molecule has 246 valence electrons. The highest BCUT2D eigenvalue weighted by Gasteiger charge is 2.31. The molecule has 3 amide bonds. The molecule has 15 nitrogen and oxygen atoms in total. The van der Waals surface area contributed by atoms with Gasteiger partial charge in [-0.25, -0.2) is 4.79 Å². The molecule has 46 heavy (non-hydrogen) atoms. The molecule has 1 aromatic heterocycles. The van der Waals surface area contributed by atoms with Crippen LogP contribution in [0.4, 0.5) is 0 Å². The van der Waals surface area contributed by atoms with E-state index in [0.29, 0.717) is 11.1 Å². The molecule has 1 heterocycles. The molecule has 15 heteroatoms. The topological polar surface area (TPSA) is 268 Å². The van der Waals surface area contributed by atoms with Gasteiger partial charge in [-0.2, -0.15) is 0 Å². The number of aromatic nitrogens is 1. The molecular weight excluding hydrogens is 596 g/mol. The van der Waals surface area contributed by atoms with Gasteiger partial charge in [0.05, 0.1) is 6.04 Å². The standard InChI is InChI=1S/C31H40N8O7/c32-21(12-13-26(40)41)27(42)37-23(11-6-14-35-31(33)34)28(43)38-24(15-18-7-2-1-3-8-18)29(44)39-25(30(45)46)16-19-17-36-22-10-5-4-9-20(19)22/h1-5,7-10,17,21,23-25,36H,6,11-16,32H2,(H,37,42)(H,38,43)(H,39,44)(H,40,41)(H,45,46)(H4,33,34,35). The van der Waals surface area contributed by atoms with Gasteiger partial charge >= 0.3 is 11.9 Å². The number of aromatic amines is 1. The Balaban J connectivity index is 1.81. The minimum absolute atomic E-state index is 0.0185. The maximum absolute atomic E-state index is 13.6.